The van der Waals surface area contributed by atoms with E-state index in [0.717, 1.165) is 26.6 Å². The Labute approximate surface area is 243 Å². The van der Waals surface area contributed by atoms with Crippen molar-refractivity contribution in [3.63, 3.8) is 0 Å². The lowest BCUT2D eigenvalue weighted by molar-refractivity contribution is -0.117. The van der Waals surface area contributed by atoms with Crippen LogP contribution in [0.15, 0.2) is 112 Å². The van der Waals surface area contributed by atoms with Crippen LogP contribution in [0.5, 0.6) is 0 Å². The van der Waals surface area contributed by atoms with E-state index < -0.39 is 5.25 Å². The van der Waals surface area contributed by atoms with Crippen molar-refractivity contribution >= 4 is 68.8 Å². The van der Waals surface area contributed by atoms with Crippen LogP contribution in [0.1, 0.15) is 23.7 Å². The minimum atomic E-state index is -0.481. The normalized spacial score (nSPS) is 13.1. The fourth-order valence-electron chi connectivity index (χ4n) is 5.01. The van der Waals surface area contributed by atoms with Gasteiger partial charge >= 0.3 is 0 Å². The molecule has 1 unspecified atom stereocenters. The molecule has 10 heteroatoms. The second-order valence-corrected chi connectivity index (χ2v) is 11.6. The van der Waals surface area contributed by atoms with E-state index in [1.165, 1.54) is 18.0 Å². The average Bonchev–Trinajstić information content (AvgIpc) is 3.35. The topological polar surface area (TPSA) is 93.9 Å². The fraction of sp³-hybridized carbons (Fsp3) is 0.0968. The van der Waals surface area contributed by atoms with Gasteiger partial charge in [0.2, 0.25) is 11.1 Å². The highest BCUT2D eigenvalue weighted by Gasteiger charge is 2.33. The lowest BCUT2D eigenvalue weighted by Crippen LogP contribution is -2.35. The van der Waals surface area contributed by atoms with Crippen molar-refractivity contribution in [1.29, 1.82) is 0 Å². The number of rotatable bonds is 5. The van der Waals surface area contributed by atoms with Crippen LogP contribution in [-0.2, 0) is 4.79 Å². The van der Waals surface area contributed by atoms with Crippen LogP contribution in [0.3, 0.4) is 0 Å². The van der Waals surface area contributed by atoms with Crippen molar-refractivity contribution in [3.05, 3.63) is 103 Å². The van der Waals surface area contributed by atoms with E-state index in [2.05, 4.69) is 15.2 Å². The summed E-state index contributed by atoms with van der Waals surface area (Å²) in [5.41, 5.74) is 3.75. The number of anilines is 2. The zero-order chi connectivity index (χ0) is 27.9. The monoisotopic (exact) mass is 574 g/mol. The van der Waals surface area contributed by atoms with Gasteiger partial charge in [0, 0.05) is 27.6 Å². The van der Waals surface area contributed by atoms with Gasteiger partial charge in [-0.15, -0.1) is 10.2 Å². The standard InChI is InChI=1S/C31H22N6O2S2/c1-2-24(30(39)36-22-13-5-7-15-25(22)40-26-16-8-6-14-23(26)36)41-31-33-28-27(34-35-31)20-11-3-4-12-21(20)37(28)29(38)19-10-9-17-32-18-19/h3-18,24H,2H2,1H3. The minimum absolute atomic E-state index is 0.0617. The molecule has 0 radical (unpaired) electrons. The van der Waals surface area contributed by atoms with E-state index >= 15 is 0 Å². The largest absolute Gasteiger partial charge is 0.278 e. The molecule has 1 aliphatic heterocycles. The zero-order valence-corrected chi connectivity index (χ0v) is 23.5. The van der Waals surface area contributed by atoms with Crippen molar-refractivity contribution < 1.29 is 9.59 Å². The van der Waals surface area contributed by atoms with Crippen molar-refractivity contribution in [1.82, 2.24) is 24.7 Å². The number of carbonyl (C=O) groups is 2. The quantitative estimate of drug-likeness (QED) is 0.208. The summed E-state index contributed by atoms with van der Waals surface area (Å²) in [5.74, 6) is -0.323. The summed E-state index contributed by atoms with van der Waals surface area (Å²) in [6, 6.07) is 26.8. The van der Waals surface area contributed by atoms with Gasteiger partial charge in [-0.25, -0.2) is 4.98 Å². The summed E-state index contributed by atoms with van der Waals surface area (Å²) in [6.45, 7) is 1.97. The molecule has 0 N–H and O–H groups in total. The number of thioether (sulfide) groups is 1. The molecule has 1 amide bonds. The highest BCUT2D eigenvalue weighted by Crippen LogP contribution is 2.48. The minimum Gasteiger partial charge on any atom is -0.278 e. The SMILES string of the molecule is CCC(Sc1nnc2c3ccccc3n(C(=O)c3cccnc3)c2n1)C(=O)N1c2ccccc2Sc2ccccc21. The molecule has 0 aliphatic carbocycles. The summed E-state index contributed by atoms with van der Waals surface area (Å²) < 4.78 is 1.55. The predicted octanol–water partition coefficient (Wildman–Crippen LogP) is 6.76. The molecule has 4 heterocycles. The Morgan fingerprint density at radius 1 is 0.878 bits per heavy atom. The number of benzene rings is 3. The number of fused-ring (bicyclic) bond motifs is 5. The maximum absolute atomic E-state index is 14.2. The molecule has 1 atom stereocenters. The van der Waals surface area contributed by atoms with Gasteiger partial charge in [-0.1, -0.05) is 72.9 Å². The second-order valence-electron chi connectivity index (χ2n) is 9.39. The zero-order valence-electron chi connectivity index (χ0n) is 21.8. The smallest absolute Gasteiger partial charge is 0.265 e. The molecule has 6 aromatic rings. The fourth-order valence-corrected chi connectivity index (χ4v) is 6.92. The van der Waals surface area contributed by atoms with Crippen LogP contribution in [-0.4, -0.2) is 41.8 Å². The number of aromatic nitrogens is 5. The van der Waals surface area contributed by atoms with Gasteiger partial charge in [0.1, 0.15) is 5.52 Å². The molecule has 3 aromatic carbocycles. The maximum Gasteiger partial charge on any atom is 0.265 e. The molecule has 0 spiro atoms. The highest BCUT2D eigenvalue weighted by molar-refractivity contribution is 8.00. The van der Waals surface area contributed by atoms with Gasteiger partial charge in [-0.2, -0.15) is 0 Å². The molecule has 0 fully saturated rings. The van der Waals surface area contributed by atoms with E-state index in [1.807, 2.05) is 79.7 Å². The molecule has 1 aliphatic rings. The van der Waals surface area contributed by atoms with E-state index in [1.54, 1.807) is 39.6 Å². The molecule has 41 heavy (non-hydrogen) atoms. The lowest BCUT2D eigenvalue weighted by atomic mass is 10.2. The van der Waals surface area contributed by atoms with Gasteiger partial charge in [0.15, 0.2) is 5.65 Å². The van der Waals surface area contributed by atoms with Crippen molar-refractivity contribution in [2.75, 3.05) is 4.90 Å². The van der Waals surface area contributed by atoms with E-state index in [-0.39, 0.29) is 11.8 Å². The first kappa shape index (κ1) is 25.4. The van der Waals surface area contributed by atoms with Gasteiger partial charge in [0.25, 0.3) is 5.91 Å². The number of amides is 1. The Morgan fingerprint density at radius 2 is 1.59 bits per heavy atom. The molecular formula is C31H22N6O2S2. The number of nitrogens with zero attached hydrogens (tertiary/aromatic N) is 6. The van der Waals surface area contributed by atoms with Crippen LogP contribution in [0, 0.1) is 0 Å². The van der Waals surface area contributed by atoms with E-state index in [9.17, 15) is 9.59 Å². The highest BCUT2D eigenvalue weighted by atomic mass is 32.2. The van der Waals surface area contributed by atoms with Crippen LogP contribution in [0.25, 0.3) is 22.1 Å². The molecule has 3 aromatic heterocycles. The first-order valence-electron chi connectivity index (χ1n) is 13.1. The predicted molar refractivity (Wildman–Crippen MR) is 161 cm³/mol. The number of carbonyl (C=O) groups excluding carboxylic acids is 2. The van der Waals surface area contributed by atoms with Crippen molar-refractivity contribution in [2.24, 2.45) is 0 Å². The number of para-hydroxylation sites is 3. The third kappa shape index (κ3) is 4.36. The lowest BCUT2D eigenvalue weighted by Gasteiger charge is -2.33. The molecule has 8 nitrogen and oxygen atoms in total. The van der Waals surface area contributed by atoms with Crippen LogP contribution in [0.2, 0.25) is 0 Å². The Kier molecular flexibility index (Phi) is 6.49. The van der Waals surface area contributed by atoms with Gasteiger partial charge in [0.05, 0.1) is 27.7 Å². The third-order valence-corrected chi connectivity index (χ3v) is 9.25. The summed E-state index contributed by atoms with van der Waals surface area (Å²) in [6.07, 6.45) is 3.71. The van der Waals surface area contributed by atoms with E-state index in [0.29, 0.717) is 33.8 Å². The van der Waals surface area contributed by atoms with E-state index in [4.69, 9.17) is 4.98 Å². The molecule has 200 valence electrons. The Balaban J connectivity index is 1.29. The number of hydrogen-bond donors (Lipinski definition) is 0. The van der Waals surface area contributed by atoms with Gasteiger partial charge < -0.3 is 0 Å². The summed E-state index contributed by atoms with van der Waals surface area (Å²) in [4.78, 5) is 40.6. The number of pyridine rings is 1. The molecule has 0 saturated carbocycles. The second kappa shape index (κ2) is 10.5. The van der Waals surface area contributed by atoms with Gasteiger partial charge in [-0.05, 0) is 48.9 Å². The third-order valence-electron chi connectivity index (χ3n) is 6.92. The molecule has 7 rings (SSSR count). The number of hydrogen-bond acceptors (Lipinski definition) is 8. The van der Waals surface area contributed by atoms with Gasteiger partial charge in [-0.3, -0.25) is 24.0 Å². The summed E-state index contributed by atoms with van der Waals surface area (Å²) >= 11 is 2.92. The first-order valence-corrected chi connectivity index (χ1v) is 14.8. The maximum atomic E-state index is 14.2. The molecule has 0 saturated heterocycles. The summed E-state index contributed by atoms with van der Waals surface area (Å²) in [5, 5.41) is 9.51. The van der Waals surface area contributed by atoms with Crippen LogP contribution >= 0.6 is 23.5 Å². The average molecular weight is 575 g/mol. The Hall–Kier alpha value is -4.54. The molecular weight excluding hydrogens is 553 g/mol. The van der Waals surface area contributed by atoms with Crippen LogP contribution in [0.4, 0.5) is 11.4 Å². The Bertz CT molecular complexity index is 1910. The van der Waals surface area contributed by atoms with Crippen molar-refractivity contribution in [2.45, 2.75) is 33.5 Å². The molecule has 0 bridgehead atoms. The van der Waals surface area contributed by atoms with Crippen molar-refractivity contribution in [3.8, 4) is 0 Å². The Morgan fingerprint density at radius 3 is 2.29 bits per heavy atom. The summed E-state index contributed by atoms with van der Waals surface area (Å²) in [7, 11) is 0. The van der Waals surface area contributed by atoms with Crippen LogP contribution < -0.4 is 4.90 Å². The first-order chi connectivity index (χ1) is 20.1.